The maximum atomic E-state index is 12.8. The van der Waals surface area contributed by atoms with E-state index >= 15 is 0 Å². The Balaban J connectivity index is 1.45. The Morgan fingerprint density at radius 2 is 1.76 bits per heavy atom. The Morgan fingerprint density at radius 3 is 2.45 bits per heavy atom. The van der Waals surface area contributed by atoms with Crippen molar-refractivity contribution in [1.82, 2.24) is 9.80 Å². The minimum atomic E-state index is -0.0599. The molecule has 2 amide bonds. The van der Waals surface area contributed by atoms with Crippen LogP contribution in [0.1, 0.15) is 28.4 Å². The van der Waals surface area contributed by atoms with Gasteiger partial charge in [0.05, 0.1) is 12.2 Å². The molecule has 0 aliphatic carbocycles. The summed E-state index contributed by atoms with van der Waals surface area (Å²) in [6, 6.07) is 13.5. The summed E-state index contributed by atoms with van der Waals surface area (Å²) in [5.41, 5.74) is 3.57. The number of rotatable bonds is 4. The first-order valence-electron chi connectivity index (χ1n) is 10.2. The van der Waals surface area contributed by atoms with Gasteiger partial charge in [-0.15, -0.1) is 0 Å². The summed E-state index contributed by atoms with van der Waals surface area (Å²) >= 11 is 0. The number of carbonyl (C=O) groups excluding carboxylic acids is 2. The van der Waals surface area contributed by atoms with Gasteiger partial charge >= 0.3 is 0 Å². The minimum absolute atomic E-state index is 0.0523. The van der Waals surface area contributed by atoms with Gasteiger partial charge in [-0.05, 0) is 48.9 Å². The fourth-order valence-electron chi connectivity index (χ4n) is 3.87. The van der Waals surface area contributed by atoms with Crippen molar-refractivity contribution in [2.45, 2.75) is 20.4 Å². The number of hydrogen-bond donors (Lipinski definition) is 0. The molecule has 0 radical (unpaired) electrons. The van der Waals surface area contributed by atoms with Crippen LogP contribution in [0.15, 0.2) is 42.5 Å². The number of ether oxygens (including phenoxy) is 1. The van der Waals surface area contributed by atoms with E-state index in [1.807, 2.05) is 54.3 Å². The third kappa shape index (κ3) is 4.12. The Morgan fingerprint density at radius 1 is 1.03 bits per heavy atom. The van der Waals surface area contributed by atoms with E-state index in [1.165, 1.54) is 0 Å². The van der Waals surface area contributed by atoms with E-state index in [0.717, 1.165) is 55.3 Å². The van der Waals surface area contributed by atoms with E-state index in [4.69, 9.17) is 4.74 Å². The molecule has 0 N–H and O–H groups in total. The third-order valence-electron chi connectivity index (χ3n) is 5.71. The number of anilines is 1. The largest absolute Gasteiger partial charge is 0.482 e. The topological polar surface area (TPSA) is 53.1 Å². The summed E-state index contributed by atoms with van der Waals surface area (Å²) in [5, 5.41) is 0. The van der Waals surface area contributed by atoms with Crippen molar-refractivity contribution in [2.75, 3.05) is 44.2 Å². The second-order valence-corrected chi connectivity index (χ2v) is 7.66. The van der Waals surface area contributed by atoms with Crippen molar-refractivity contribution in [3.8, 4) is 5.75 Å². The molecule has 2 aliphatic heterocycles. The minimum Gasteiger partial charge on any atom is -0.482 e. The van der Waals surface area contributed by atoms with Crippen LogP contribution in [0.5, 0.6) is 5.75 Å². The highest BCUT2D eigenvalue weighted by molar-refractivity contribution is 5.98. The molecule has 0 atom stereocenters. The van der Waals surface area contributed by atoms with Gasteiger partial charge < -0.3 is 19.4 Å². The summed E-state index contributed by atoms with van der Waals surface area (Å²) in [6.45, 7) is 9.09. The van der Waals surface area contributed by atoms with Gasteiger partial charge in [0.1, 0.15) is 5.75 Å². The zero-order valence-corrected chi connectivity index (χ0v) is 17.1. The normalized spacial score (nSPS) is 17.1. The van der Waals surface area contributed by atoms with E-state index in [9.17, 15) is 9.59 Å². The van der Waals surface area contributed by atoms with Gasteiger partial charge in [0.2, 0.25) is 0 Å². The fourth-order valence-corrected chi connectivity index (χ4v) is 3.87. The van der Waals surface area contributed by atoms with Gasteiger partial charge in [-0.1, -0.05) is 25.1 Å². The van der Waals surface area contributed by atoms with Crippen molar-refractivity contribution >= 4 is 17.5 Å². The number of likely N-dealkylation sites (N-methyl/N-ethyl adjacent to an activating group) is 1. The number of aryl methyl sites for hydroxylation is 1. The molecule has 0 bridgehead atoms. The smallest absolute Gasteiger partial charge is 0.265 e. The number of fused-ring (bicyclic) bond motifs is 1. The van der Waals surface area contributed by atoms with Gasteiger partial charge in [0, 0.05) is 31.7 Å². The highest BCUT2D eigenvalue weighted by Crippen LogP contribution is 2.33. The molecule has 2 aromatic carbocycles. The SMILES string of the molecule is CCN1CCN(C(=O)c2ccc(CN3C(=O)COc4cc(C)ccc43)cc2)CC1. The van der Waals surface area contributed by atoms with Crippen LogP contribution in [0.2, 0.25) is 0 Å². The van der Waals surface area contributed by atoms with E-state index in [2.05, 4.69) is 11.8 Å². The van der Waals surface area contributed by atoms with Crippen LogP contribution in [0.3, 0.4) is 0 Å². The average molecular weight is 393 g/mol. The fraction of sp³-hybridized carbons (Fsp3) is 0.391. The monoisotopic (exact) mass is 393 g/mol. The first-order chi connectivity index (χ1) is 14.0. The number of carbonyl (C=O) groups is 2. The van der Waals surface area contributed by atoms with Gasteiger partial charge in [-0.2, -0.15) is 0 Å². The van der Waals surface area contributed by atoms with E-state index in [1.54, 1.807) is 4.90 Å². The molecule has 6 nitrogen and oxygen atoms in total. The van der Waals surface area contributed by atoms with Crippen LogP contribution >= 0.6 is 0 Å². The third-order valence-corrected chi connectivity index (χ3v) is 5.71. The van der Waals surface area contributed by atoms with Gasteiger partial charge in [-0.25, -0.2) is 0 Å². The van der Waals surface area contributed by atoms with Crippen LogP contribution < -0.4 is 9.64 Å². The number of nitrogens with zero attached hydrogens (tertiary/aromatic N) is 3. The molecular weight excluding hydrogens is 366 g/mol. The Hall–Kier alpha value is -2.86. The average Bonchev–Trinajstić information content (AvgIpc) is 2.76. The molecule has 0 saturated carbocycles. The second kappa shape index (κ2) is 8.25. The molecule has 0 aromatic heterocycles. The van der Waals surface area contributed by atoms with Crippen molar-refractivity contribution in [3.05, 3.63) is 59.2 Å². The molecule has 6 heteroatoms. The summed E-state index contributed by atoms with van der Waals surface area (Å²) in [7, 11) is 0. The highest BCUT2D eigenvalue weighted by Gasteiger charge is 2.26. The standard InChI is InChI=1S/C23H27N3O3/c1-3-24-10-12-25(13-11-24)23(28)19-7-5-18(6-8-19)15-26-20-9-4-17(2)14-21(20)29-16-22(26)27/h4-9,14H,3,10-13,15-16H2,1-2H3. The van der Waals surface area contributed by atoms with Crippen LogP contribution in [0.4, 0.5) is 5.69 Å². The molecule has 2 aliphatic rings. The molecule has 1 fully saturated rings. The predicted molar refractivity (Wildman–Crippen MR) is 112 cm³/mol. The summed E-state index contributed by atoms with van der Waals surface area (Å²) in [6.07, 6.45) is 0. The lowest BCUT2D eigenvalue weighted by Gasteiger charge is -2.34. The van der Waals surface area contributed by atoms with Crippen molar-refractivity contribution in [3.63, 3.8) is 0 Å². The predicted octanol–water partition coefficient (Wildman–Crippen LogP) is 2.70. The zero-order chi connectivity index (χ0) is 20.4. The van der Waals surface area contributed by atoms with Gasteiger partial charge in [-0.3, -0.25) is 9.59 Å². The van der Waals surface area contributed by atoms with Crippen molar-refractivity contribution < 1.29 is 14.3 Å². The Labute approximate surface area is 171 Å². The van der Waals surface area contributed by atoms with Gasteiger partial charge in [0.25, 0.3) is 11.8 Å². The molecular formula is C23H27N3O3. The first-order valence-corrected chi connectivity index (χ1v) is 10.2. The lowest BCUT2D eigenvalue weighted by Crippen LogP contribution is -2.48. The van der Waals surface area contributed by atoms with Crippen molar-refractivity contribution in [1.29, 1.82) is 0 Å². The Kier molecular flexibility index (Phi) is 5.53. The number of benzene rings is 2. The lowest BCUT2D eigenvalue weighted by atomic mass is 10.1. The van der Waals surface area contributed by atoms with E-state index in [0.29, 0.717) is 12.1 Å². The molecule has 152 valence electrons. The summed E-state index contributed by atoms with van der Waals surface area (Å²) in [4.78, 5) is 31.2. The quantitative estimate of drug-likeness (QED) is 0.802. The van der Waals surface area contributed by atoms with E-state index in [-0.39, 0.29) is 18.4 Å². The molecule has 4 rings (SSSR count). The van der Waals surface area contributed by atoms with Crippen LogP contribution in [-0.4, -0.2) is 60.9 Å². The first kappa shape index (κ1) is 19.5. The summed E-state index contributed by atoms with van der Waals surface area (Å²) in [5.74, 6) is 0.758. The van der Waals surface area contributed by atoms with Crippen LogP contribution in [0.25, 0.3) is 0 Å². The van der Waals surface area contributed by atoms with E-state index < -0.39 is 0 Å². The number of piperazine rings is 1. The number of hydrogen-bond acceptors (Lipinski definition) is 4. The lowest BCUT2D eigenvalue weighted by molar-refractivity contribution is -0.121. The molecule has 1 saturated heterocycles. The molecule has 2 aromatic rings. The molecule has 2 heterocycles. The maximum absolute atomic E-state index is 12.8. The Bertz CT molecular complexity index is 902. The van der Waals surface area contributed by atoms with Crippen molar-refractivity contribution in [2.24, 2.45) is 0 Å². The van der Waals surface area contributed by atoms with Crippen LogP contribution in [-0.2, 0) is 11.3 Å². The maximum Gasteiger partial charge on any atom is 0.265 e. The highest BCUT2D eigenvalue weighted by atomic mass is 16.5. The van der Waals surface area contributed by atoms with Gasteiger partial charge in [0.15, 0.2) is 6.61 Å². The number of amides is 2. The zero-order valence-electron chi connectivity index (χ0n) is 17.1. The second-order valence-electron chi connectivity index (χ2n) is 7.66. The molecule has 0 unspecified atom stereocenters. The summed E-state index contributed by atoms with van der Waals surface area (Å²) < 4.78 is 5.57. The van der Waals surface area contributed by atoms with Crippen LogP contribution in [0, 0.1) is 6.92 Å². The molecule has 29 heavy (non-hydrogen) atoms. The molecule has 0 spiro atoms.